The van der Waals surface area contributed by atoms with Crippen molar-refractivity contribution in [2.75, 3.05) is 11.9 Å². The van der Waals surface area contributed by atoms with E-state index in [0.717, 1.165) is 11.1 Å². The fraction of sp³-hybridized carbons (Fsp3) is 0.190. The summed E-state index contributed by atoms with van der Waals surface area (Å²) >= 11 is 18.5. The van der Waals surface area contributed by atoms with Gasteiger partial charge in [0.25, 0.3) is 5.91 Å². The lowest BCUT2D eigenvalue weighted by Gasteiger charge is -2.14. The molecule has 3 rings (SSSR count). The molecule has 2 aromatic carbocycles. The number of aryl methyl sites for hydroxylation is 1. The SMILES string of the molecule is Cc1ccc(/C=C2\SC(=S)N(CCCC(=O)Nc3cc(Cl)cc(Cl)c3)C2=O)cc1. The van der Waals surface area contributed by atoms with Crippen LogP contribution in [0.4, 0.5) is 5.69 Å². The quantitative estimate of drug-likeness (QED) is 0.425. The van der Waals surface area contributed by atoms with Crippen LogP contribution < -0.4 is 5.32 Å². The Labute approximate surface area is 189 Å². The van der Waals surface area contributed by atoms with Gasteiger partial charge >= 0.3 is 0 Å². The van der Waals surface area contributed by atoms with E-state index in [-0.39, 0.29) is 18.2 Å². The standard InChI is InChI=1S/C21H18Cl2N2O2S2/c1-13-4-6-14(7-5-13)9-18-20(27)25(21(28)29-18)8-2-3-19(26)24-17-11-15(22)10-16(23)12-17/h4-7,9-12H,2-3,8H2,1H3,(H,24,26)/b18-9-. The first-order valence-electron chi connectivity index (χ1n) is 8.90. The van der Waals surface area contributed by atoms with Gasteiger partial charge in [0.2, 0.25) is 5.91 Å². The molecule has 0 atom stereocenters. The molecule has 4 nitrogen and oxygen atoms in total. The van der Waals surface area contributed by atoms with Crippen LogP contribution in [0, 0.1) is 6.92 Å². The minimum Gasteiger partial charge on any atom is -0.326 e. The molecule has 8 heteroatoms. The summed E-state index contributed by atoms with van der Waals surface area (Å²) in [7, 11) is 0. The Morgan fingerprint density at radius 3 is 2.48 bits per heavy atom. The Morgan fingerprint density at radius 1 is 1.17 bits per heavy atom. The number of hydrogen-bond donors (Lipinski definition) is 1. The zero-order chi connectivity index (χ0) is 21.0. The third-order valence-corrected chi connectivity index (χ3v) is 5.99. The molecule has 0 spiro atoms. The average molecular weight is 465 g/mol. The Bertz CT molecular complexity index is 970. The number of nitrogens with one attached hydrogen (secondary N) is 1. The van der Waals surface area contributed by atoms with Gasteiger partial charge < -0.3 is 5.32 Å². The van der Waals surface area contributed by atoms with E-state index in [1.54, 1.807) is 23.1 Å². The molecule has 0 unspecified atom stereocenters. The topological polar surface area (TPSA) is 49.4 Å². The minimum absolute atomic E-state index is 0.123. The fourth-order valence-electron chi connectivity index (χ4n) is 2.75. The molecule has 0 aromatic heterocycles. The number of hydrogen-bond acceptors (Lipinski definition) is 4. The van der Waals surface area contributed by atoms with Crippen LogP contribution in [-0.2, 0) is 9.59 Å². The number of benzene rings is 2. The van der Waals surface area contributed by atoms with E-state index in [4.69, 9.17) is 35.4 Å². The van der Waals surface area contributed by atoms with Gasteiger partial charge in [0.05, 0.1) is 4.91 Å². The number of thioether (sulfide) groups is 1. The van der Waals surface area contributed by atoms with Gasteiger partial charge in [-0.25, -0.2) is 0 Å². The van der Waals surface area contributed by atoms with Crippen LogP contribution in [0.15, 0.2) is 47.4 Å². The first-order valence-corrected chi connectivity index (χ1v) is 10.9. The summed E-state index contributed by atoms with van der Waals surface area (Å²) in [4.78, 5) is 26.9. The molecule has 0 saturated carbocycles. The highest BCUT2D eigenvalue weighted by Crippen LogP contribution is 2.32. The number of halogens is 2. The number of nitrogens with zero attached hydrogens (tertiary/aromatic N) is 1. The van der Waals surface area contributed by atoms with E-state index >= 15 is 0 Å². The van der Waals surface area contributed by atoms with E-state index in [2.05, 4.69) is 5.32 Å². The normalized spacial score (nSPS) is 15.3. The maximum atomic E-state index is 12.6. The Hall–Kier alpha value is -1.86. The van der Waals surface area contributed by atoms with Crippen molar-refractivity contribution in [3.8, 4) is 0 Å². The molecule has 1 aliphatic rings. The van der Waals surface area contributed by atoms with Crippen LogP contribution >= 0.6 is 47.2 Å². The molecule has 29 heavy (non-hydrogen) atoms. The van der Waals surface area contributed by atoms with E-state index < -0.39 is 0 Å². The molecular formula is C21H18Cl2N2O2S2. The first kappa shape index (κ1) is 21.8. The molecule has 1 heterocycles. The molecule has 1 fully saturated rings. The van der Waals surface area contributed by atoms with E-state index in [1.807, 2.05) is 37.3 Å². The summed E-state index contributed by atoms with van der Waals surface area (Å²) in [5.41, 5.74) is 2.66. The molecular weight excluding hydrogens is 447 g/mol. The molecule has 2 aromatic rings. The Balaban J connectivity index is 1.53. The van der Waals surface area contributed by atoms with Crippen LogP contribution in [0.25, 0.3) is 6.08 Å². The molecule has 1 N–H and O–H groups in total. The maximum absolute atomic E-state index is 12.6. The van der Waals surface area contributed by atoms with Crippen molar-refractivity contribution in [1.82, 2.24) is 4.90 Å². The number of thiocarbonyl (C=S) groups is 1. The molecule has 0 radical (unpaired) electrons. The number of rotatable bonds is 6. The third-order valence-electron chi connectivity index (χ3n) is 4.18. The van der Waals surface area contributed by atoms with Crippen LogP contribution in [0.1, 0.15) is 24.0 Å². The van der Waals surface area contributed by atoms with Crippen molar-refractivity contribution in [3.05, 3.63) is 68.5 Å². The number of amides is 2. The lowest BCUT2D eigenvalue weighted by Crippen LogP contribution is -2.29. The highest BCUT2D eigenvalue weighted by atomic mass is 35.5. The van der Waals surface area contributed by atoms with Crippen molar-refractivity contribution < 1.29 is 9.59 Å². The smallest absolute Gasteiger partial charge is 0.266 e. The van der Waals surface area contributed by atoms with Crippen molar-refractivity contribution in [1.29, 1.82) is 0 Å². The van der Waals surface area contributed by atoms with Gasteiger partial charge in [0, 0.05) is 28.7 Å². The number of carbonyl (C=O) groups is 2. The van der Waals surface area contributed by atoms with Crippen molar-refractivity contribution in [2.45, 2.75) is 19.8 Å². The predicted molar refractivity (Wildman–Crippen MR) is 125 cm³/mol. The van der Waals surface area contributed by atoms with Gasteiger partial charge in [-0.15, -0.1) is 0 Å². The second-order valence-electron chi connectivity index (χ2n) is 6.55. The van der Waals surface area contributed by atoms with E-state index in [0.29, 0.717) is 37.9 Å². The fourth-order valence-corrected chi connectivity index (χ4v) is 4.59. The first-order chi connectivity index (χ1) is 13.8. The van der Waals surface area contributed by atoms with Gasteiger partial charge in [0.15, 0.2) is 0 Å². The van der Waals surface area contributed by atoms with Crippen molar-refractivity contribution in [2.24, 2.45) is 0 Å². The molecule has 0 aliphatic carbocycles. The highest BCUT2D eigenvalue weighted by Gasteiger charge is 2.31. The zero-order valence-electron chi connectivity index (χ0n) is 15.6. The molecule has 1 aliphatic heterocycles. The summed E-state index contributed by atoms with van der Waals surface area (Å²) < 4.78 is 0.510. The second-order valence-corrected chi connectivity index (χ2v) is 9.10. The summed E-state index contributed by atoms with van der Waals surface area (Å²) in [6.07, 6.45) is 2.58. The minimum atomic E-state index is -0.177. The van der Waals surface area contributed by atoms with Gasteiger partial charge in [-0.3, -0.25) is 14.5 Å². The van der Waals surface area contributed by atoms with Crippen LogP contribution in [0.3, 0.4) is 0 Å². The summed E-state index contributed by atoms with van der Waals surface area (Å²) in [6.45, 7) is 2.40. The number of anilines is 1. The Kier molecular flexibility index (Phi) is 7.35. The monoisotopic (exact) mass is 464 g/mol. The van der Waals surface area contributed by atoms with Crippen LogP contribution in [0.2, 0.25) is 10.0 Å². The zero-order valence-corrected chi connectivity index (χ0v) is 18.7. The summed E-state index contributed by atoms with van der Waals surface area (Å²) in [6, 6.07) is 12.8. The summed E-state index contributed by atoms with van der Waals surface area (Å²) in [5.74, 6) is -0.299. The van der Waals surface area contributed by atoms with E-state index in [1.165, 1.54) is 11.8 Å². The molecule has 1 saturated heterocycles. The second kappa shape index (κ2) is 9.76. The van der Waals surface area contributed by atoms with Gasteiger partial charge in [-0.05, 0) is 43.2 Å². The van der Waals surface area contributed by atoms with Gasteiger partial charge in [-0.1, -0.05) is 77.0 Å². The van der Waals surface area contributed by atoms with Crippen LogP contribution in [0.5, 0.6) is 0 Å². The van der Waals surface area contributed by atoms with Crippen LogP contribution in [-0.4, -0.2) is 27.6 Å². The lowest BCUT2D eigenvalue weighted by atomic mass is 10.1. The predicted octanol–water partition coefficient (Wildman–Crippen LogP) is 5.92. The van der Waals surface area contributed by atoms with Crippen molar-refractivity contribution in [3.63, 3.8) is 0 Å². The van der Waals surface area contributed by atoms with Gasteiger partial charge in [0.1, 0.15) is 4.32 Å². The van der Waals surface area contributed by atoms with Gasteiger partial charge in [-0.2, -0.15) is 0 Å². The lowest BCUT2D eigenvalue weighted by molar-refractivity contribution is -0.122. The molecule has 2 amide bonds. The Morgan fingerprint density at radius 2 is 1.83 bits per heavy atom. The maximum Gasteiger partial charge on any atom is 0.266 e. The molecule has 0 bridgehead atoms. The van der Waals surface area contributed by atoms with E-state index in [9.17, 15) is 9.59 Å². The van der Waals surface area contributed by atoms with Crippen molar-refractivity contribution >= 4 is 75.1 Å². The largest absolute Gasteiger partial charge is 0.326 e. The number of carbonyl (C=O) groups excluding carboxylic acids is 2. The molecule has 150 valence electrons. The summed E-state index contributed by atoms with van der Waals surface area (Å²) in [5, 5.41) is 3.66. The highest BCUT2D eigenvalue weighted by molar-refractivity contribution is 8.26. The average Bonchev–Trinajstić information content (AvgIpc) is 2.90. The third kappa shape index (κ3) is 6.06.